The molecule has 1 amide bonds. The molecule has 0 spiro atoms. The predicted octanol–water partition coefficient (Wildman–Crippen LogP) is 5.58. The van der Waals surface area contributed by atoms with Gasteiger partial charge in [-0.1, -0.05) is 56.3 Å². The molecule has 0 saturated heterocycles. The van der Waals surface area contributed by atoms with Crippen molar-refractivity contribution in [2.24, 2.45) is 0 Å². The first-order chi connectivity index (χ1) is 12.2. The van der Waals surface area contributed by atoms with E-state index in [1.807, 2.05) is 57.2 Å². The number of hydrogen-bond donors (Lipinski definition) is 1. The highest BCUT2D eigenvalue weighted by molar-refractivity contribution is 5.99. The second-order valence-electron chi connectivity index (χ2n) is 7.66. The molecule has 0 unspecified atom stereocenters. The van der Waals surface area contributed by atoms with Crippen LogP contribution in [0.25, 0.3) is 0 Å². The van der Waals surface area contributed by atoms with Gasteiger partial charge in [-0.2, -0.15) is 0 Å². The molecule has 2 aromatic carbocycles. The lowest BCUT2D eigenvalue weighted by Gasteiger charge is -2.21. The minimum atomic E-state index is -0.584. The minimum absolute atomic E-state index is 0.00938. The zero-order valence-electron chi connectivity index (χ0n) is 16.1. The van der Waals surface area contributed by atoms with Crippen molar-refractivity contribution in [3.8, 4) is 0 Å². The Morgan fingerprint density at radius 2 is 1.69 bits per heavy atom. The zero-order valence-corrected chi connectivity index (χ0v) is 16.1. The number of amides is 1. The number of rotatable bonds is 5. The van der Waals surface area contributed by atoms with Gasteiger partial charge in [0.1, 0.15) is 5.60 Å². The standard InChI is InChI=1S/C22H27NO3/c1-15(2)17-11-12-18(14-20(24)16-9-7-6-8-10-16)19(13-17)23-21(25)26-22(3,4)5/h6-13,15H,14H2,1-5H3,(H,23,25). The number of benzene rings is 2. The molecule has 4 nitrogen and oxygen atoms in total. The van der Waals surface area contributed by atoms with Gasteiger partial charge in [0.2, 0.25) is 0 Å². The summed E-state index contributed by atoms with van der Waals surface area (Å²) in [7, 11) is 0. The van der Waals surface area contributed by atoms with Crippen LogP contribution in [-0.4, -0.2) is 17.5 Å². The number of nitrogens with one attached hydrogen (secondary N) is 1. The van der Waals surface area contributed by atoms with Gasteiger partial charge < -0.3 is 4.74 Å². The largest absolute Gasteiger partial charge is 0.444 e. The molecule has 0 fully saturated rings. The van der Waals surface area contributed by atoms with Crippen LogP contribution < -0.4 is 5.32 Å². The molecule has 0 aliphatic carbocycles. The van der Waals surface area contributed by atoms with Crippen LogP contribution in [0.4, 0.5) is 10.5 Å². The van der Waals surface area contributed by atoms with Crippen molar-refractivity contribution in [3.05, 3.63) is 65.2 Å². The molecule has 0 radical (unpaired) electrons. The number of carbonyl (C=O) groups excluding carboxylic acids is 2. The summed E-state index contributed by atoms with van der Waals surface area (Å²) in [5.41, 5.74) is 2.55. The maximum atomic E-state index is 12.6. The molecule has 2 rings (SSSR count). The quantitative estimate of drug-likeness (QED) is 0.714. The van der Waals surface area contributed by atoms with E-state index in [0.717, 1.165) is 11.1 Å². The molecule has 0 aromatic heterocycles. The predicted molar refractivity (Wildman–Crippen MR) is 105 cm³/mol. The van der Waals surface area contributed by atoms with Gasteiger partial charge in [-0.3, -0.25) is 10.1 Å². The lowest BCUT2D eigenvalue weighted by Crippen LogP contribution is -2.27. The third-order valence-corrected chi connectivity index (χ3v) is 3.88. The summed E-state index contributed by atoms with van der Waals surface area (Å²) in [5, 5.41) is 2.81. The molecule has 26 heavy (non-hydrogen) atoms. The zero-order chi connectivity index (χ0) is 19.3. The van der Waals surface area contributed by atoms with Crippen LogP contribution in [0.5, 0.6) is 0 Å². The van der Waals surface area contributed by atoms with Gasteiger partial charge in [0.25, 0.3) is 0 Å². The van der Waals surface area contributed by atoms with Crippen LogP contribution in [0.15, 0.2) is 48.5 Å². The fourth-order valence-electron chi connectivity index (χ4n) is 2.54. The summed E-state index contributed by atoms with van der Waals surface area (Å²) < 4.78 is 5.35. The number of anilines is 1. The molecule has 1 N–H and O–H groups in total. The lowest BCUT2D eigenvalue weighted by molar-refractivity contribution is 0.0635. The maximum Gasteiger partial charge on any atom is 0.412 e. The Hall–Kier alpha value is -2.62. The van der Waals surface area contributed by atoms with Gasteiger partial charge in [0, 0.05) is 17.7 Å². The van der Waals surface area contributed by atoms with Gasteiger partial charge in [0.15, 0.2) is 5.78 Å². The van der Waals surface area contributed by atoms with E-state index < -0.39 is 11.7 Å². The third kappa shape index (κ3) is 5.73. The van der Waals surface area contributed by atoms with Crippen molar-refractivity contribution in [1.29, 1.82) is 0 Å². The van der Waals surface area contributed by atoms with Crippen LogP contribution in [0.3, 0.4) is 0 Å². The van der Waals surface area contributed by atoms with Crippen molar-refractivity contribution in [3.63, 3.8) is 0 Å². The molecule has 0 heterocycles. The Labute approximate surface area is 155 Å². The van der Waals surface area contributed by atoms with E-state index in [4.69, 9.17) is 4.74 Å². The Balaban J connectivity index is 2.27. The summed E-state index contributed by atoms with van der Waals surface area (Å²) in [6.07, 6.45) is -0.306. The van der Waals surface area contributed by atoms with Crippen molar-refractivity contribution >= 4 is 17.6 Å². The van der Waals surface area contributed by atoms with E-state index in [9.17, 15) is 9.59 Å². The monoisotopic (exact) mass is 353 g/mol. The van der Waals surface area contributed by atoms with Gasteiger partial charge >= 0.3 is 6.09 Å². The number of Topliss-reactive ketones (excluding diaryl/α,β-unsaturated/α-hetero) is 1. The average Bonchev–Trinajstić information content (AvgIpc) is 2.55. The number of ether oxygens (including phenoxy) is 1. The molecule has 0 saturated carbocycles. The first-order valence-electron chi connectivity index (χ1n) is 8.87. The summed E-state index contributed by atoms with van der Waals surface area (Å²) >= 11 is 0. The molecule has 0 aliphatic heterocycles. The molecule has 138 valence electrons. The smallest absolute Gasteiger partial charge is 0.412 e. The van der Waals surface area contributed by atoms with E-state index in [-0.39, 0.29) is 12.2 Å². The SMILES string of the molecule is CC(C)c1ccc(CC(=O)c2ccccc2)c(NC(=O)OC(C)(C)C)c1. The van der Waals surface area contributed by atoms with E-state index in [2.05, 4.69) is 19.2 Å². The Kier molecular flexibility index (Phi) is 6.19. The highest BCUT2D eigenvalue weighted by Gasteiger charge is 2.19. The number of hydrogen-bond acceptors (Lipinski definition) is 3. The van der Waals surface area contributed by atoms with Crippen molar-refractivity contribution in [1.82, 2.24) is 0 Å². The van der Waals surface area contributed by atoms with Crippen LogP contribution in [0.1, 0.15) is 62.0 Å². The Bertz CT molecular complexity index is 774. The molecule has 2 aromatic rings. The Morgan fingerprint density at radius 1 is 1.04 bits per heavy atom. The molecule has 0 atom stereocenters. The van der Waals surface area contributed by atoms with Gasteiger partial charge in [-0.15, -0.1) is 0 Å². The van der Waals surface area contributed by atoms with E-state index in [1.165, 1.54) is 0 Å². The minimum Gasteiger partial charge on any atom is -0.444 e. The van der Waals surface area contributed by atoms with E-state index in [0.29, 0.717) is 17.2 Å². The molecular formula is C22H27NO3. The summed E-state index contributed by atoms with van der Waals surface area (Å²) in [5.74, 6) is 0.322. The van der Waals surface area contributed by atoms with Crippen molar-refractivity contribution in [2.45, 2.75) is 52.6 Å². The number of ketones is 1. The van der Waals surface area contributed by atoms with E-state index in [1.54, 1.807) is 12.1 Å². The Morgan fingerprint density at radius 3 is 2.27 bits per heavy atom. The highest BCUT2D eigenvalue weighted by Crippen LogP contribution is 2.25. The second kappa shape index (κ2) is 8.17. The van der Waals surface area contributed by atoms with Gasteiger partial charge in [-0.25, -0.2) is 4.79 Å². The first kappa shape index (κ1) is 19.7. The summed E-state index contributed by atoms with van der Waals surface area (Å²) in [6.45, 7) is 9.62. The normalized spacial score (nSPS) is 11.3. The van der Waals surface area contributed by atoms with Gasteiger partial charge in [0.05, 0.1) is 0 Å². The first-order valence-corrected chi connectivity index (χ1v) is 8.87. The molecule has 4 heteroatoms. The van der Waals surface area contributed by atoms with Crippen LogP contribution in [0.2, 0.25) is 0 Å². The number of carbonyl (C=O) groups is 2. The fourth-order valence-corrected chi connectivity index (χ4v) is 2.54. The third-order valence-electron chi connectivity index (χ3n) is 3.88. The second-order valence-corrected chi connectivity index (χ2v) is 7.66. The van der Waals surface area contributed by atoms with Crippen LogP contribution >= 0.6 is 0 Å². The molecule has 0 bridgehead atoms. The van der Waals surface area contributed by atoms with Crippen LogP contribution in [-0.2, 0) is 11.2 Å². The summed E-state index contributed by atoms with van der Waals surface area (Å²) in [6, 6.07) is 15.0. The van der Waals surface area contributed by atoms with Crippen molar-refractivity contribution in [2.75, 3.05) is 5.32 Å². The highest BCUT2D eigenvalue weighted by atomic mass is 16.6. The van der Waals surface area contributed by atoms with Gasteiger partial charge in [-0.05, 0) is 43.9 Å². The van der Waals surface area contributed by atoms with Crippen molar-refractivity contribution < 1.29 is 14.3 Å². The molecular weight excluding hydrogens is 326 g/mol. The lowest BCUT2D eigenvalue weighted by atomic mass is 9.96. The average molecular weight is 353 g/mol. The molecule has 0 aliphatic rings. The van der Waals surface area contributed by atoms with E-state index >= 15 is 0 Å². The fraction of sp³-hybridized carbons (Fsp3) is 0.364. The maximum absolute atomic E-state index is 12.6. The van der Waals surface area contributed by atoms with Crippen LogP contribution in [0, 0.1) is 0 Å². The topological polar surface area (TPSA) is 55.4 Å². The summed E-state index contributed by atoms with van der Waals surface area (Å²) in [4.78, 5) is 24.8.